The van der Waals surface area contributed by atoms with Crippen LogP contribution < -0.4 is 4.74 Å². The van der Waals surface area contributed by atoms with Gasteiger partial charge in [0, 0.05) is 43.5 Å². The number of H-pyrrole nitrogens is 1. The van der Waals surface area contributed by atoms with Crippen LogP contribution in [0, 0.1) is 18.6 Å². The van der Waals surface area contributed by atoms with E-state index in [2.05, 4.69) is 40.8 Å². The quantitative estimate of drug-likeness (QED) is 0.882. The molecule has 4 nitrogen and oxygen atoms in total. The van der Waals surface area contributed by atoms with Crippen molar-refractivity contribution in [1.82, 2.24) is 14.9 Å². The van der Waals surface area contributed by atoms with E-state index in [9.17, 15) is 0 Å². The Bertz CT molecular complexity index is 754. The van der Waals surface area contributed by atoms with E-state index in [4.69, 9.17) is 17.0 Å². The van der Waals surface area contributed by atoms with Gasteiger partial charge in [-0.2, -0.15) is 0 Å². The smallest absolute Gasteiger partial charge is 0.196 e. The minimum atomic E-state index is 0.578. The Kier molecular flexibility index (Phi) is 4.27. The second kappa shape index (κ2) is 6.18. The number of fused-ring (bicyclic) bond motifs is 1. The summed E-state index contributed by atoms with van der Waals surface area (Å²) in [4.78, 5) is 9.87. The Morgan fingerprint density at radius 2 is 2.14 bits per heavy atom. The number of hydrogen-bond acceptors (Lipinski definition) is 4. The molecule has 22 heavy (non-hydrogen) atoms. The topological polar surface area (TPSA) is 41.1 Å². The Hall–Kier alpha value is -1.72. The lowest BCUT2D eigenvalue weighted by molar-refractivity contribution is 0.242. The highest BCUT2D eigenvalue weighted by Crippen LogP contribution is 2.25. The van der Waals surface area contributed by atoms with E-state index >= 15 is 0 Å². The van der Waals surface area contributed by atoms with E-state index < -0.39 is 0 Å². The first kappa shape index (κ1) is 15.2. The molecule has 3 rings (SSSR count). The molecule has 0 radical (unpaired) electrons. The van der Waals surface area contributed by atoms with Gasteiger partial charge in [-0.15, -0.1) is 0 Å². The highest BCUT2D eigenvalue weighted by Gasteiger charge is 2.18. The van der Waals surface area contributed by atoms with Crippen molar-refractivity contribution < 1.29 is 4.74 Å². The molecule has 0 aliphatic carbocycles. The van der Waals surface area contributed by atoms with Crippen LogP contribution >= 0.6 is 12.2 Å². The van der Waals surface area contributed by atoms with E-state index in [1.165, 1.54) is 27.9 Å². The first-order valence-corrected chi connectivity index (χ1v) is 7.91. The maximum absolute atomic E-state index is 5.39. The van der Waals surface area contributed by atoms with E-state index in [1.54, 1.807) is 7.11 Å². The van der Waals surface area contributed by atoms with Crippen molar-refractivity contribution in [3.8, 4) is 5.75 Å². The third kappa shape index (κ3) is 3.05. The highest BCUT2D eigenvalue weighted by atomic mass is 32.1. The molecule has 0 bridgehead atoms. The predicted octanol–water partition coefficient (Wildman–Crippen LogP) is 3.32. The fraction of sp³-hybridized carbons (Fsp3) is 0.412. The third-order valence-corrected chi connectivity index (χ3v) is 4.51. The predicted molar refractivity (Wildman–Crippen MR) is 89.7 cm³/mol. The van der Waals surface area contributed by atoms with Crippen LogP contribution in [0.25, 0.3) is 0 Å². The monoisotopic (exact) mass is 315 g/mol. The molecular weight excluding hydrogens is 294 g/mol. The summed E-state index contributed by atoms with van der Waals surface area (Å²) < 4.78 is 5.97. The van der Waals surface area contributed by atoms with Crippen molar-refractivity contribution >= 4 is 12.2 Å². The van der Waals surface area contributed by atoms with Gasteiger partial charge in [0.25, 0.3) is 0 Å². The number of nitrogens with one attached hydrogen (secondary N) is 1. The van der Waals surface area contributed by atoms with Crippen LogP contribution in [-0.4, -0.2) is 28.5 Å². The lowest BCUT2D eigenvalue weighted by Gasteiger charge is -2.29. The summed E-state index contributed by atoms with van der Waals surface area (Å²) in [5.41, 5.74) is 6.31. The van der Waals surface area contributed by atoms with Crippen LogP contribution in [0.3, 0.4) is 0 Å². The fourth-order valence-corrected chi connectivity index (χ4v) is 3.20. The number of hydrogen-bond donors (Lipinski definition) is 1. The van der Waals surface area contributed by atoms with Gasteiger partial charge in [-0.1, -0.05) is 6.07 Å². The molecule has 1 aromatic carbocycles. The summed E-state index contributed by atoms with van der Waals surface area (Å²) >= 11 is 5.09. The first-order chi connectivity index (χ1) is 10.6. The van der Waals surface area contributed by atoms with Gasteiger partial charge < -0.3 is 9.72 Å². The Labute approximate surface area is 136 Å². The molecule has 0 saturated carbocycles. The maximum Gasteiger partial charge on any atom is 0.196 e. The van der Waals surface area contributed by atoms with Gasteiger partial charge in [0.2, 0.25) is 0 Å². The molecule has 1 aliphatic heterocycles. The van der Waals surface area contributed by atoms with Crippen LogP contribution in [-0.2, 0) is 19.5 Å². The van der Waals surface area contributed by atoms with E-state index in [-0.39, 0.29) is 0 Å². The molecule has 1 aliphatic rings. The second-order valence-corrected chi connectivity index (χ2v) is 6.29. The van der Waals surface area contributed by atoms with Crippen LogP contribution in [0.4, 0.5) is 0 Å². The number of aromatic nitrogens is 2. The number of rotatable bonds is 3. The summed E-state index contributed by atoms with van der Waals surface area (Å²) in [6.45, 7) is 7.14. The Balaban J connectivity index is 1.79. The summed E-state index contributed by atoms with van der Waals surface area (Å²) in [7, 11) is 1.72. The van der Waals surface area contributed by atoms with E-state index in [1.807, 2.05) is 6.20 Å². The molecule has 0 unspecified atom stereocenters. The number of nitrogens with zero attached hydrogens (tertiary/aromatic N) is 2. The lowest BCUT2D eigenvalue weighted by atomic mass is 10.0. The van der Waals surface area contributed by atoms with Crippen molar-refractivity contribution in [3.63, 3.8) is 0 Å². The van der Waals surface area contributed by atoms with Crippen molar-refractivity contribution in [3.05, 3.63) is 51.0 Å². The number of methoxy groups -OCH3 is 1. The summed E-state index contributed by atoms with van der Waals surface area (Å²) in [6.07, 6.45) is 2.90. The van der Waals surface area contributed by atoms with Gasteiger partial charge in [-0.3, -0.25) is 4.90 Å². The average molecular weight is 315 g/mol. The lowest BCUT2D eigenvalue weighted by Crippen LogP contribution is -2.31. The molecule has 0 amide bonds. The number of ether oxygens (including phenoxy) is 1. The average Bonchev–Trinajstić information content (AvgIpc) is 2.50. The molecule has 0 saturated heterocycles. The second-order valence-electron chi connectivity index (χ2n) is 5.90. The van der Waals surface area contributed by atoms with Crippen LogP contribution in [0.1, 0.15) is 27.9 Å². The molecule has 2 aromatic rings. The number of benzene rings is 1. The minimum Gasteiger partial charge on any atom is -0.496 e. The maximum atomic E-state index is 5.39. The summed E-state index contributed by atoms with van der Waals surface area (Å²) in [6, 6.07) is 4.36. The highest BCUT2D eigenvalue weighted by molar-refractivity contribution is 7.71. The van der Waals surface area contributed by atoms with Crippen LogP contribution in [0.15, 0.2) is 18.3 Å². The normalized spacial score (nSPS) is 14.7. The molecule has 0 fully saturated rings. The SMILES string of the molecule is COc1cc(C)c(CN2CCc3[nH]c(=S)ncc3C2)cc1C. The Morgan fingerprint density at radius 1 is 1.32 bits per heavy atom. The zero-order valence-corrected chi connectivity index (χ0v) is 14.1. The van der Waals surface area contributed by atoms with Crippen molar-refractivity contribution in [2.45, 2.75) is 33.4 Å². The van der Waals surface area contributed by atoms with Crippen molar-refractivity contribution in [1.29, 1.82) is 0 Å². The molecule has 2 heterocycles. The van der Waals surface area contributed by atoms with E-state index in [0.717, 1.165) is 31.8 Å². The number of aromatic amines is 1. The first-order valence-electron chi connectivity index (χ1n) is 7.50. The fourth-order valence-electron chi connectivity index (χ4n) is 3.02. The summed E-state index contributed by atoms with van der Waals surface area (Å²) in [5.74, 6) is 0.960. The molecule has 0 atom stereocenters. The zero-order chi connectivity index (χ0) is 15.7. The van der Waals surface area contributed by atoms with Gasteiger partial charge in [0.05, 0.1) is 7.11 Å². The van der Waals surface area contributed by atoms with Gasteiger partial charge in [-0.05, 0) is 48.8 Å². The van der Waals surface area contributed by atoms with Crippen LogP contribution in [0.5, 0.6) is 5.75 Å². The standard InChI is InChI=1S/C17H21N3OS/c1-11-7-16(21-3)12(2)6-13(11)9-20-5-4-15-14(10-20)8-18-17(22)19-15/h6-8H,4-5,9-10H2,1-3H3,(H,18,19,22). The van der Waals surface area contributed by atoms with Gasteiger partial charge >= 0.3 is 0 Å². The summed E-state index contributed by atoms with van der Waals surface area (Å²) in [5, 5.41) is 0. The molecular formula is C17H21N3OS. The van der Waals surface area contributed by atoms with Gasteiger partial charge in [0.1, 0.15) is 5.75 Å². The van der Waals surface area contributed by atoms with Gasteiger partial charge in [-0.25, -0.2) is 4.98 Å². The zero-order valence-electron chi connectivity index (χ0n) is 13.3. The molecule has 0 spiro atoms. The van der Waals surface area contributed by atoms with Crippen molar-refractivity contribution in [2.75, 3.05) is 13.7 Å². The largest absolute Gasteiger partial charge is 0.496 e. The minimum absolute atomic E-state index is 0.578. The molecule has 1 N–H and O–H groups in total. The van der Waals surface area contributed by atoms with Crippen LogP contribution in [0.2, 0.25) is 0 Å². The molecule has 116 valence electrons. The van der Waals surface area contributed by atoms with E-state index in [0.29, 0.717) is 4.77 Å². The Morgan fingerprint density at radius 3 is 2.91 bits per heavy atom. The third-order valence-electron chi connectivity index (χ3n) is 4.30. The van der Waals surface area contributed by atoms with Crippen molar-refractivity contribution in [2.24, 2.45) is 0 Å². The van der Waals surface area contributed by atoms with Gasteiger partial charge in [0.15, 0.2) is 4.77 Å². The molecule has 1 aromatic heterocycles. The number of aryl methyl sites for hydroxylation is 2. The molecule has 5 heteroatoms.